The predicted octanol–water partition coefficient (Wildman–Crippen LogP) is 3.38. The van der Waals surface area contributed by atoms with Gasteiger partial charge >= 0.3 is 0 Å². The molecule has 1 aromatic heterocycles. The van der Waals surface area contributed by atoms with Gasteiger partial charge in [-0.2, -0.15) is 0 Å². The lowest BCUT2D eigenvalue weighted by molar-refractivity contribution is 0.636. The molecule has 0 spiro atoms. The van der Waals surface area contributed by atoms with Crippen LogP contribution in [0.5, 0.6) is 0 Å². The second-order valence-electron chi connectivity index (χ2n) is 3.31. The third kappa shape index (κ3) is 1.63. The number of nitrogens with zero attached hydrogens (tertiary/aromatic N) is 1. The van der Waals surface area contributed by atoms with E-state index in [1.807, 2.05) is 13.0 Å². The molecule has 0 saturated carbocycles. The van der Waals surface area contributed by atoms with Crippen molar-refractivity contribution in [2.24, 2.45) is 0 Å². The van der Waals surface area contributed by atoms with E-state index in [2.05, 4.69) is 10.3 Å². The van der Waals surface area contributed by atoms with E-state index >= 15 is 0 Å². The van der Waals surface area contributed by atoms with Crippen LogP contribution < -0.4 is 5.32 Å². The summed E-state index contributed by atoms with van der Waals surface area (Å²) in [5.74, 6) is -0.352. The molecule has 0 bridgehead atoms. The van der Waals surface area contributed by atoms with Crippen LogP contribution in [0.4, 0.5) is 10.1 Å². The van der Waals surface area contributed by atoms with Crippen molar-refractivity contribution in [3.63, 3.8) is 0 Å². The van der Waals surface area contributed by atoms with Crippen molar-refractivity contribution in [2.45, 2.75) is 6.92 Å². The Bertz CT molecular complexity index is 525. The molecular weight excluding hydrogens is 215 g/mol. The number of hydrogen-bond acceptors (Lipinski definition) is 2. The SMILES string of the molecule is CNc1cc(C)nc2c(F)ccc(Cl)c12. The summed E-state index contributed by atoms with van der Waals surface area (Å²) in [5.41, 5.74) is 1.86. The molecule has 0 fully saturated rings. The fraction of sp³-hybridized carbons (Fsp3) is 0.182. The van der Waals surface area contributed by atoms with Crippen LogP contribution in [0.25, 0.3) is 10.9 Å². The summed E-state index contributed by atoms with van der Waals surface area (Å²) in [7, 11) is 1.77. The van der Waals surface area contributed by atoms with Crippen molar-refractivity contribution >= 4 is 28.2 Å². The topological polar surface area (TPSA) is 24.9 Å². The zero-order valence-electron chi connectivity index (χ0n) is 8.44. The van der Waals surface area contributed by atoms with E-state index in [1.54, 1.807) is 7.05 Å². The fourth-order valence-electron chi connectivity index (χ4n) is 1.59. The maximum atomic E-state index is 13.5. The van der Waals surface area contributed by atoms with Gasteiger partial charge in [-0.05, 0) is 25.1 Å². The van der Waals surface area contributed by atoms with Gasteiger partial charge < -0.3 is 5.32 Å². The van der Waals surface area contributed by atoms with Crippen molar-refractivity contribution in [1.82, 2.24) is 4.98 Å². The van der Waals surface area contributed by atoms with E-state index in [-0.39, 0.29) is 5.82 Å². The van der Waals surface area contributed by atoms with E-state index in [1.165, 1.54) is 12.1 Å². The Morgan fingerprint density at radius 1 is 1.40 bits per heavy atom. The van der Waals surface area contributed by atoms with Gasteiger partial charge in [0.2, 0.25) is 0 Å². The molecule has 2 nitrogen and oxygen atoms in total. The van der Waals surface area contributed by atoms with Gasteiger partial charge in [-0.3, -0.25) is 0 Å². The summed E-state index contributed by atoms with van der Waals surface area (Å²) < 4.78 is 13.5. The molecule has 4 heteroatoms. The fourth-order valence-corrected chi connectivity index (χ4v) is 1.85. The van der Waals surface area contributed by atoms with Crippen LogP contribution >= 0.6 is 11.6 Å². The molecule has 0 saturated heterocycles. The summed E-state index contributed by atoms with van der Waals surface area (Å²) >= 11 is 6.02. The number of halogens is 2. The van der Waals surface area contributed by atoms with Gasteiger partial charge in [0.05, 0.1) is 5.02 Å². The second-order valence-corrected chi connectivity index (χ2v) is 3.72. The number of pyridine rings is 1. The highest BCUT2D eigenvalue weighted by molar-refractivity contribution is 6.36. The standard InChI is InChI=1S/C11H10ClFN2/c1-6-5-9(14-2)10-7(12)3-4-8(13)11(10)15-6/h3-5H,1-2H3,(H,14,15). The van der Waals surface area contributed by atoms with Gasteiger partial charge in [0, 0.05) is 23.8 Å². The number of fused-ring (bicyclic) bond motifs is 1. The second kappa shape index (κ2) is 3.66. The first-order chi connectivity index (χ1) is 7.13. The molecule has 0 aliphatic heterocycles. The maximum absolute atomic E-state index is 13.5. The first-order valence-electron chi connectivity index (χ1n) is 4.56. The largest absolute Gasteiger partial charge is 0.387 e. The van der Waals surface area contributed by atoms with Gasteiger partial charge in [0.15, 0.2) is 0 Å². The van der Waals surface area contributed by atoms with Crippen LogP contribution in [-0.4, -0.2) is 12.0 Å². The third-order valence-corrected chi connectivity index (χ3v) is 2.57. The Kier molecular flexibility index (Phi) is 2.49. The minimum atomic E-state index is -0.352. The zero-order valence-corrected chi connectivity index (χ0v) is 9.19. The number of rotatable bonds is 1. The molecule has 0 unspecified atom stereocenters. The highest BCUT2D eigenvalue weighted by atomic mass is 35.5. The Labute approximate surface area is 92.1 Å². The average molecular weight is 225 g/mol. The molecule has 1 N–H and O–H groups in total. The lowest BCUT2D eigenvalue weighted by atomic mass is 10.1. The van der Waals surface area contributed by atoms with E-state index in [0.29, 0.717) is 15.9 Å². The normalized spacial score (nSPS) is 10.7. The van der Waals surface area contributed by atoms with Gasteiger partial charge in [-0.25, -0.2) is 9.37 Å². The van der Waals surface area contributed by atoms with E-state index in [0.717, 1.165) is 11.4 Å². The van der Waals surface area contributed by atoms with Gasteiger partial charge in [-0.15, -0.1) is 0 Å². The quantitative estimate of drug-likeness (QED) is 0.803. The van der Waals surface area contributed by atoms with Crippen molar-refractivity contribution < 1.29 is 4.39 Å². The van der Waals surface area contributed by atoms with Gasteiger partial charge in [-0.1, -0.05) is 11.6 Å². The molecule has 2 aromatic rings. The smallest absolute Gasteiger partial charge is 0.149 e. The highest BCUT2D eigenvalue weighted by Gasteiger charge is 2.10. The van der Waals surface area contributed by atoms with Crippen molar-refractivity contribution in [3.8, 4) is 0 Å². The van der Waals surface area contributed by atoms with Crippen LogP contribution in [0, 0.1) is 12.7 Å². The van der Waals surface area contributed by atoms with E-state index < -0.39 is 0 Å². The van der Waals surface area contributed by atoms with E-state index in [9.17, 15) is 4.39 Å². The van der Waals surface area contributed by atoms with Gasteiger partial charge in [0.1, 0.15) is 11.3 Å². The highest BCUT2D eigenvalue weighted by Crippen LogP contribution is 2.31. The monoisotopic (exact) mass is 224 g/mol. The molecule has 0 atom stereocenters. The Hall–Kier alpha value is -1.35. The predicted molar refractivity (Wildman–Crippen MR) is 61.0 cm³/mol. The minimum absolute atomic E-state index is 0.312. The number of nitrogens with one attached hydrogen (secondary N) is 1. The summed E-state index contributed by atoms with van der Waals surface area (Å²) in [6.45, 7) is 1.82. The minimum Gasteiger partial charge on any atom is -0.387 e. The zero-order chi connectivity index (χ0) is 11.0. The van der Waals surface area contributed by atoms with E-state index in [4.69, 9.17) is 11.6 Å². The summed E-state index contributed by atoms with van der Waals surface area (Å²) in [4.78, 5) is 4.15. The first-order valence-corrected chi connectivity index (χ1v) is 4.94. The number of benzene rings is 1. The molecule has 78 valence electrons. The van der Waals surface area contributed by atoms with Crippen LogP contribution in [0.3, 0.4) is 0 Å². The summed E-state index contributed by atoms with van der Waals surface area (Å²) in [5, 5.41) is 4.12. The lowest BCUT2D eigenvalue weighted by Gasteiger charge is -2.09. The van der Waals surface area contributed by atoms with Crippen molar-refractivity contribution in [2.75, 3.05) is 12.4 Å². The summed E-state index contributed by atoms with van der Waals surface area (Å²) in [6, 6.07) is 4.71. The molecule has 0 aliphatic carbocycles. The Morgan fingerprint density at radius 3 is 2.80 bits per heavy atom. The maximum Gasteiger partial charge on any atom is 0.149 e. The van der Waals surface area contributed by atoms with Crippen molar-refractivity contribution in [1.29, 1.82) is 0 Å². The molecule has 0 radical (unpaired) electrons. The molecule has 0 aliphatic rings. The number of aryl methyl sites for hydroxylation is 1. The van der Waals surface area contributed by atoms with Crippen LogP contribution in [-0.2, 0) is 0 Å². The Morgan fingerprint density at radius 2 is 2.13 bits per heavy atom. The number of anilines is 1. The Balaban J connectivity index is 2.95. The molecule has 1 aromatic carbocycles. The third-order valence-electron chi connectivity index (χ3n) is 2.26. The first kappa shape index (κ1) is 10.2. The van der Waals surface area contributed by atoms with Crippen molar-refractivity contribution in [3.05, 3.63) is 34.7 Å². The van der Waals surface area contributed by atoms with Crippen LogP contribution in [0.15, 0.2) is 18.2 Å². The molecule has 15 heavy (non-hydrogen) atoms. The molecule has 0 amide bonds. The van der Waals surface area contributed by atoms with Crippen LogP contribution in [0.2, 0.25) is 5.02 Å². The van der Waals surface area contributed by atoms with Crippen LogP contribution in [0.1, 0.15) is 5.69 Å². The molecule has 1 heterocycles. The number of hydrogen-bond donors (Lipinski definition) is 1. The summed E-state index contributed by atoms with van der Waals surface area (Å²) in [6.07, 6.45) is 0. The molecular formula is C11H10ClFN2. The lowest BCUT2D eigenvalue weighted by Crippen LogP contribution is -1.95. The average Bonchev–Trinajstić information content (AvgIpc) is 2.22. The number of aromatic nitrogens is 1. The van der Waals surface area contributed by atoms with Gasteiger partial charge in [0.25, 0.3) is 0 Å². The molecule has 2 rings (SSSR count).